The molecule has 1 aliphatic rings. The molecule has 0 atom stereocenters. The number of imidazole rings is 1. The van der Waals surface area contributed by atoms with E-state index in [2.05, 4.69) is 17.7 Å². The van der Waals surface area contributed by atoms with Crippen molar-refractivity contribution < 1.29 is 0 Å². The van der Waals surface area contributed by atoms with E-state index >= 15 is 0 Å². The van der Waals surface area contributed by atoms with Gasteiger partial charge in [0, 0.05) is 13.0 Å². The van der Waals surface area contributed by atoms with Crippen molar-refractivity contribution in [3.05, 3.63) is 29.6 Å². The predicted octanol–water partition coefficient (Wildman–Crippen LogP) is 3.10. The summed E-state index contributed by atoms with van der Waals surface area (Å²) < 4.78 is 2.16. The molecular formula is C14H15N3. The molecule has 1 aromatic heterocycles. The Morgan fingerprint density at radius 3 is 2.82 bits per heavy atom. The fourth-order valence-corrected chi connectivity index (χ4v) is 2.87. The van der Waals surface area contributed by atoms with E-state index in [1.54, 1.807) is 0 Å². The summed E-state index contributed by atoms with van der Waals surface area (Å²) >= 11 is 0. The van der Waals surface area contributed by atoms with Crippen molar-refractivity contribution >= 4 is 11.0 Å². The molecule has 1 fully saturated rings. The Hall–Kier alpha value is -1.82. The van der Waals surface area contributed by atoms with Crippen molar-refractivity contribution in [3.63, 3.8) is 0 Å². The van der Waals surface area contributed by atoms with Crippen molar-refractivity contribution in [1.82, 2.24) is 9.55 Å². The summed E-state index contributed by atoms with van der Waals surface area (Å²) in [5, 5.41) is 9.10. The van der Waals surface area contributed by atoms with Crippen molar-refractivity contribution in [2.24, 2.45) is 7.05 Å². The third-order valence-electron chi connectivity index (χ3n) is 3.79. The number of benzene rings is 1. The molecule has 1 aliphatic carbocycles. The zero-order valence-corrected chi connectivity index (χ0v) is 9.98. The lowest BCUT2D eigenvalue weighted by atomic mass is 10.1. The van der Waals surface area contributed by atoms with Gasteiger partial charge >= 0.3 is 0 Å². The van der Waals surface area contributed by atoms with E-state index in [1.165, 1.54) is 25.7 Å². The molecule has 0 saturated heterocycles. The first-order chi connectivity index (χ1) is 8.31. The van der Waals surface area contributed by atoms with E-state index < -0.39 is 0 Å². The zero-order chi connectivity index (χ0) is 11.8. The van der Waals surface area contributed by atoms with Crippen LogP contribution < -0.4 is 0 Å². The quantitative estimate of drug-likeness (QED) is 0.748. The van der Waals surface area contributed by atoms with Crippen LogP contribution in [0.25, 0.3) is 11.0 Å². The number of aromatic nitrogens is 2. The number of para-hydroxylation sites is 1. The molecule has 17 heavy (non-hydrogen) atoms. The van der Waals surface area contributed by atoms with Gasteiger partial charge in [0.15, 0.2) is 0 Å². The Bertz CT molecular complexity index is 598. The van der Waals surface area contributed by atoms with E-state index in [0.29, 0.717) is 11.5 Å². The summed E-state index contributed by atoms with van der Waals surface area (Å²) in [7, 11) is 2.06. The highest BCUT2D eigenvalue weighted by atomic mass is 15.1. The normalized spacial score (nSPS) is 16.5. The lowest BCUT2D eigenvalue weighted by Crippen LogP contribution is -2.02. The summed E-state index contributed by atoms with van der Waals surface area (Å²) in [5.74, 6) is 1.74. The molecule has 1 aromatic carbocycles. The number of aryl methyl sites for hydroxylation is 1. The number of hydrogen-bond donors (Lipinski definition) is 0. The van der Waals surface area contributed by atoms with Crippen LogP contribution in [0.15, 0.2) is 18.2 Å². The van der Waals surface area contributed by atoms with Gasteiger partial charge in [-0.25, -0.2) is 4.98 Å². The lowest BCUT2D eigenvalue weighted by molar-refractivity contribution is 0.639. The maximum absolute atomic E-state index is 9.10. The second kappa shape index (κ2) is 3.89. The highest BCUT2D eigenvalue weighted by molar-refractivity contribution is 5.82. The van der Waals surface area contributed by atoms with Crippen LogP contribution in [-0.2, 0) is 7.05 Å². The predicted molar refractivity (Wildman–Crippen MR) is 66.6 cm³/mol. The Balaban J connectivity index is 2.21. The Morgan fingerprint density at radius 2 is 2.12 bits per heavy atom. The minimum absolute atomic E-state index is 0.582. The van der Waals surface area contributed by atoms with E-state index in [0.717, 1.165) is 16.9 Å². The van der Waals surface area contributed by atoms with Crippen LogP contribution in [-0.4, -0.2) is 9.55 Å². The second-order valence-corrected chi connectivity index (χ2v) is 4.80. The summed E-state index contributed by atoms with van der Waals surface area (Å²) in [6.45, 7) is 0. The Morgan fingerprint density at radius 1 is 1.35 bits per heavy atom. The Kier molecular flexibility index (Phi) is 2.36. The number of rotatable bonds is 1. The largest absolute Gasteiger partial charge is 0.331 e. The van der Waals surface area contributed by atoms with Gasteiger partial charge in [0.2, 0.25) is 0 Å². The van der Waals surface area contributed by atoms with E-state index in [1.807, 2.05) is 18.2 Å². The fourth-order valence-electron chi connectivity index (χ4n) is 2.87. The van der Waals surface area contributed by atoms with E-state index in [4.69, 9.17) is 10.2 Å². The number of fused-ring (bicyclic) bond motifs is 1. The molecule has 3 heteroatoms. The van der Waals surface area contributed by atoms with Crippen LogP contribution in [0.2, 0.25) is 0 Å². The van der Waals surface area contributed by atoms with Gasteiger partial charge in [0.25, 0.3) is 0 Å². The molecule has 0 unspecified atom stereocenters. The summed E-state index contributed by atoms with van der Waals surface area (Å²) in [6.07, 6.45) is 5.08. The molecule has 1 saturated carbocycles. The smallest absolute Gasteiger partial charge is 0.112 e. The molecule has 3 nitrogen and oxygen atoms in total. The highest BCUT2D eigenvalue weighted by Crippen LogP contribution is 2.35. The van der Waals surface area contributed by atoms with Gasteiger partial charge in [-0.05, 0) is 25.0 Å². The summed E-state index contributed by atoms with van der Waals surface area (Å²) in [6, 6.07) is 8.04. The molecular weight excluding hydrogens is 210 g/mol. The minimum Gasteiger partial charge on any atom is -0.331 e. The summed E-state index contributed by atoms with van der Waals surface area (Å²) in [4.78, 5) is 4.71. The van der Waals surface area contributed by atoms with Crippen molar-refractivity contribution in [1.29, 1.82) is 5.26 Å². The lowest BCUT2D eigenvalue weighted by Gasteiger charge is -2.08. The van der Waals surface area contributed by atoms with Gasteiger partial charge in [0.05, 0.1) is 11.1 Å². The zero-order valence-electron chi connectivity index (χ0n) is 9.98. The third-order valence-corrected chi connectivity index (χ3v) is 3.79. The maximum Gasteiger partial charge on any atom is 0.112 e. The molecule has 0 aliphatic heterocycles. The molecule has 0 amide bonds. The van der Waals surface area contributed by atoms with Crippen LogP contribution in [0.1, 0.15) is 43.0 Å². The topological polar surface area (TPSA) is 41.6 Å². The molecule has 0 N–H and O–H groups in total. The van der Waals surface area contributed by atoms with Crippen molar-refractivity contribution in [2.75, 3.05) is 0 Å². The van der Waals surface area contributed by atoms with Crippen LogP contribution in [0.4, 0.5) is 0 Å². The van der Waals surface area contributed by atoms with Crippen LogP contribution in [0.5, 0.6) is 0 Å². The molecule has 0 spiro atoms. The maximum atomic E-state index is 9.10. The first-order valence-corrected chi connectivity index (χ1v) is 6.16. The number of nitriles is 1. The molecule has 3 rings (SSSR count). The molecule has 2 aromatic rings. The monoisotopic (exact) mass is 225 g/mol. The fraction of sp³-hybridized carbons (Fsp3) is 0.429. The first-order valence-electron chi connectivity index (χ1n) is 6.16. The van der Waals surface area contributed by atoms with Crippen molar-refractivity contribution in [2.45, 2.75) is 31.6 Å². The van der Waals surface area contributed by atoms with Crippen LogP contribution in [0.3, 0.4) is 0 Å². The second-order valence-electron chi connectivity index (χ2n) is 4.80. The van der Waals surface area contributed by atoms with E-state index in [-0.39, 0.29) is 0 Å². The molecule has 1 heterocycles. The molecule has 0 radical (unpaired) electrons. The standard InChI is InChI=1S/C14H15N3/c1-17-12-8-4-7-11(9-15)13(12)16-14(17)10-5-2-3-6-10/h4,7-8,10H,2-3,5-6H2,1H3. The highest BCUT2D eigenvalue weighted by Gasteiger charge is 2.22. The van der Waals surface area contributed by atoms with Gasteiger partial charge < -0.3 is 4.57 Å². The summed E-state index contributed by atoms with van der Waals surface area (Å²) in [5.41, 5.74) is 2.62. The molecule has 0 bridgehead atoms. The number of hydrogen-bond acceptors (Lipinski definition) is 2. The van der Waals surface area contributed by atoms with Gasteiger partial charge in [-0.15, -0.1) is 0 Å². The van der Waals surface area contributed by atoms with Gasteiger partial charge in [0.1, 0.15) is 17.4 Å². The van der Waals surface area contributed by atoms with Crippen molar-refractivity contribution in [3.8, 4) is 6.07 Å². The average molecular weight is 225 g/mol. The Labute approximate surface area is 101 Å². The van der Waals surface area contributed by atoms with Gasteiger partial charge in [-0.1, -0.05) is 18.9 Å². The van der Waals surface area contributed by atoms with Gasteiger partial charge in [-0.2, -0.15) is 5.26 Å². The third kappa shape index (κ3) is 1.52. The van der Waals surface area contributed by atoms with Crippen LogP contribution >= 0.6 is 0 Å². The van der Waals surface area contributed by atoms with E-state index in [9.17, 15) is 0 Å². The SMILES string of the molecule is Cn1c(C2CCCC2)nc2c(C#N)cccc21. The molecule has 86 valence electrons. The minimum atomic E-state index is 0.582. The van der Waals surface area contributed by atoms with Crippen LogP contribution in [0, 0.1) is 11.3 Å². The number of nitrogens with zero attached hydrogens (tertiary/aromatic N) is 3. The van der Waals surface area contributed by atoms with Gasteiger partial charge in [-0.3, -0.25) is 0 Å². The first kappa shape index (κ1) is 10.3. The average Bonchev–Trinajstić information content (AvgIpc) is 2.97.